The van der Waals surface area contributed by atoms with Crippen molar-refractivity contribution in [2.24, 2.45) is 0 Å². The van der Waals surface area contributed by atoms with Crippen LogP contribution < -0.4 is 0 Å². The van der Waals surface area contributed by atoms with Crippen LogP contribution >= 0.6 is 0 Å². The molecule has 0 saturated heterocycles. The van der Waals surface area contributed by atoms with Crippen molar-refractivity contribution in [1.82, 2.24) is 24.1 Å². The van der Waals surface area contributed by atoms with Crippen LogP contribution in [0.4, 0.5) is 0 Å². The van der Waals surface area contributed by atoms with Gasteiger partial charge in [0.15, 0.2) is 5.82 Å². The maximum Gasteiger partial charge on any atom is 0.164 e. The molecule has 0 aliphatic heterocycles. The first kappa shape index (κ1) is 39.0. The van der Waals surface area contributed by atoms with Crippen LogP contribution in [0, 0.1) is 25.2 Å². The third kappa shape index (κ3) is 6.55. The van der Waals surface area contributed by atoms with E-state index >= 15 is 0 Å². The molecule has 0 saturated carbocycles. The molecule has 0 atom stereocenters. The Morgan fingerprint density at radius 1 is 0.431 bits per heavy atom. The van der Waals surface area contributed by atoms with Crippen molar-refractivity contribution in [3.8, 4) is 28.8 Å². The van der Waals surface area contributed by atoms with E-state index in [1.54, 1.807) is 0 Å². The molecule has 8 rings (SSSR count). The van der Waals surface area contributed by atoms with Gasteiger partial charge in [0.25, 0.3) is 0 Å². The zero-order valence-corrected chi connectivity index (χ0v) is 36.8. The fraction of sp³-hybridized carbons (Fsp3) is 0.346. The van der Waals surface area contributed by atoms with Crippen molar-refractivity contribution >= 4 is 43.6 Å². The third-order valence-corrected chi connectivity index (χ3v) is 11.8. The van der Waals surface area contributed by atoms with E-state index < -0.39 is 0 Å². The van der Waals surface area contributed by atoms with E-state index in [-0.39, 0.29) is 21.7 Å². The summed E-state index contributed by atoms with van der Waals surface area (Å²) in [6, 6.07) is 34.5. The van der Waals surface area contributed by atoms with Gasteiger partial charge in [-0.2, -0.15) is 5.26 Å². The average Bonchev–Trinajstić information content (AvgIpc) is 3.63. The standard InChI is InChI=1S/C52H56N6/c1-30-54-31(2)56-48(55-30)41-28-47(58-44-26-35(51(9,10)11)17-21-39(44)40-22-18-36(27-45(40)58)52(12,13)14)46(23-32(41)29-53)57-42-24-33(49(3,4)5)15-19-37(42)38-20-16-34(25-43(38)57)50(6,7)8/h15-28H,1-14H3. The van der Waals surface area contributed by atoms with Gasteiger partial charge in [0.2, 0.25) is 0 Å². The van der Waals surface area contributed by atoms with Crippen LogP contribution in [0.15, 0.2) is 84.9 Å². The Bertz CT molecular complexity index is 2850. The minimum atomic E-state index is -0.0792. The molecule has 3 heterocycles. The fourth-order valence-corrected chi connectivity index (χ4v) is 8.37. The number of aromatic nitrogens is 5. The summed E-state index contributed by atoms with van der Waals surface area (Å²) in [5.74, 6) is 1.73. The number of fused-ring (bicyclic) bond motifs is 6. The van der Waals surface area contributed by atoms with Crippen molar-refractivity contribution in [3.05, 3.63) is 124 Å². The van der Waals surface area contributed by atoms with Crippen LogP contribution in [-0.2, 0) is 21.7 Å². The SMILES string of the molecule is Cc1nc(C)nc(-c2cc(-n3c4cc(C(C)(C)C)ccc4c4ccc(C(C)(C)C)cc43)c(-n3c4cc(C(C)(C)C)ccc4c4ccc(C(C)(C)C)cc43)cc2C#N)n1. The molecule has 8 aromatic rings. The molecule has 6 heteroatoms. The van der Waals surface area contributed by atoms with Gasteiger partial charge in [-0.3, -0.25) is 0 Å². The molecule has 0 N–H and O–H groups in total. The molecule has 5 aromatic carbocycles. The summed E-state index contributed by atoms with van der Waals surface area (Å²) in [5.41, 5.74) is 12.1. The second kappa shape index (κ2) is 13.1. The predicted octanol–water partition coefficient (Wildman–Crippen LogP) is 13.4. The lowest BCUT2D eigenvalue weighted by Crippen LogP contribution is -2.13. The van der Waals surface area contributed by atoms with E-state index in [1.165, 1.54) is 43.8 Å². The molecule has 0 amide bonds. The Kier molecular flexibility index (Phi) is 8.83. The molecule has 0 fully saturated rings. The molecule has 0 bridgehead atoms. The zero-order chi connectivity index (χ0) is 41.9. The van der Waals surface area contributed by atoms with E-state index in [9.17, 15) is 5.26 Å². The van der Waals surface area contributed by atoms with Crippen LogP contribution in [-0.4, -0.2) is 24.1 Å². The van der Waals surface area contributed by atoms with Gasteiger partial charge in [-0.15, -0.1) is 0 Å². The van der Waals surface area contributed by atoms with E-state index in [2.05, 4.69) is 188 Å². The minimum absolute atomic E-state index is 0.0789. The minimum Gasteiger partial charge on any atom is -0.307 e. The molecule has 6 nitrogen and oxygen atoms in total. The van der Waals surface area contributed by atoms with Crippen LogP contribution in [0.5, 0.6) is 0 Å². The Balaban J connectivity index is 1.64. The second-order valence-corrected chi connectivity index (χ2v) is 20.4. The van der Waals surface area contributed by atoms with E-state index in [4.69, 9.17) is 9.97 Å². The average molecular weight is 765 g/mol. The van der Waals surface area contributed by atoms with Crippen molar-refractivity contribution in [1.29, 1.82) is 5.26 Å². The fourth-order valence-electron chi connectivity index (χ4n) is 8.37. The highest BCUT2D eigenvalue weighted by molar-refractivity contribution is 6.12. The monoisotopic (exact) mass is 764 g/mol. The second-order valence-electron chi connectivity index (χ2n) is 20.4. The van der Waals surface area contributed by atoms with Gasteiger partial charge in [-0.05, 0) is 94.2 Å². The highest BCUT2D eigenvalue weighted by Crippen LogP contribution is 2.44. The van der Waals surface area contributed by atoms with Gasteiger partial charge in [0.05, 0.1) is 45.1 Å². The highest BCUT2D eigenvalue weighted by Gasteiger charge is 2.27. The van der Waals surface area contributed by atoms with Gasteiger partial charge in [-0.1, -0.05) is 132 Å². The molecule has 0 unspecified atom stereocenters. The Morgan fingerprint density at radius 2 is 0.741 bits per heavy atom. The first-order valence-electron chi connectivity index (χ1n) is 20.5. The van der Waals surface area contributed by atoms with Crippen molar-refractivity contribution < 1.29 is 0 Å². The van der Waals surface area contributed by atoms with Gasteiger partial charge in [-0.25, -0.2) is 15.0 Å². The zero-order valence-electron chi connectivity index (χ0n) is 36.8. The number of aryl methyl sites for hydroxylation is 2. The lowest BCUT2D eigenvalue weighted by atomic mass is 9.86. The molecule has 0 radical (unpaired) electrons. The first-order valence-corrected chi connectivity index (χ1v) is 20.5. The topological polar surface area (TPSA) is 72.3 Å². The molecule has 294 valence electrons. The van der Waals surface area contributed by atoms with Gasteiger partial charge >= 0.3 is 0 Å². The van der Waals surface area contributed by atoms with E-state index in [0.29, 0.717) is 28.6 Å². The molecular weight excluding hydrogens is 709 g/mol. The summed E-state index contributed by atoms with van der Waals surface area (Å²) in [7, 11) is 0. The number of nitrogens with zero attached hydrogens (tertiary/aromatic N) is 6. The summed E-state index contributed by atoms with van der Waals surface area (Å²) < 4.78 is 4.85. The van der Waals surface area contributed by atoms with Gasteiger partial charge in [0, 0.05) is 27.1 Å². The summed E-state index contributed by atoms with van der Waals surface area (Å²) in [5, 5.41) is 15.8. The number of nitriles is 1. The van der Waals surface area contributed by atoms with Crippen LogP contribution in [0.3, 0.4) is 0 Å². The quantitative estimate of drug-likeness (QED) is 0.180. The maximum atomic E-state index is 11.0. The number of rotatable bonds is 3. The summed E-state index contributed by atoms with van der Waals surface area (Å²) >= 11 is 0. The van der Waals surface area contributed by atoms with Gasteiger partial charge in [0.1, 0.15) is 11.6 Å². The lowest BCUT2D eigenvalue weighted by Gasteiger charge is -2.23. The third-order valence-electron chi connectivity index (χ3n) is 11.8. The van der Waals surface area contributed by atoms with Crippen molar-refractivity contribution in [2.45, 2.75) is 119 Å². The predicted molar refractivity (Wildman–Crippen MR) is 243 cm³/mol. The Hall–Kier alpha value is -5.80. The summed E-state index contributed by atoms with van der Waals surface area (Å²) in [6.45, 7) is 31.0. The van der Waals surface area contributed by atoms with E-state index in [1.807, 2.05) is 13.8 Å². The molecule has 0 aliphatic carbocycles. The van der Waals surface area contributed by atoms with Crippen molar-refractivity contribution in [3.63, 3.8) is 0 Å². The molecule has 3 aromatic heterocycles. The number of hydrogen-bond acceptors (Lipinski definition) is 4. The number of hydrogen-bond donors (Lipinski definition) is 0. The summed E-state index contributed by atoms with van der Waals surface area (Å²) in [4.78, 5) is 14.2. The van der Waals surface area contributed by atoms with Crippen LogP contribution in [0.1, 0.15) is 123 Å². The molecule has 0 spiro atoms. The molecular formula is C52H56N6. The highest BCUT2D eigenvalue weighted by atomic mass is 15.1. The normalized spacial score (nSPS) is 13.0. The summed E-state index contributed by atoms with van der Waals surface area (Å²) in [6.07, 6.45) is 0. The Morgan fingerprint density at radius 3 is 1.03 bits per heavy atom. The van der Waals surface area contributed by atoms with Gasteiger partial charge < -0.3 is 9.13 Å². The Labute approximate surface area is 343 Å². The first-order chi connectivity index (χ1) is 27.0. The van der Waals surface area contributed by atoms with E-state index in [0.717, 1.165) is 33.4 Å². The largest absolute Gasteiger partial charge is 0.307 e. The van der Waals surface area contributed by atoms with Crippen LogP contribution in [0.2, 0.25) is 0 Å². The maximum absolute atomic E-state index is 11.0. The molecule has 58 heavy (non-hydrogen) atoms. The lowest BCUT2D eigenvalue weighted by molar-refractivity contribution is 0.590. The number of benzene rings is 5. The van der Waals surface area contributed by atoms with Crippen molar-refractivity contribution in [2.75, 3.05) is 0 Å². The molecule has 0 aliphatic rings. The smallest absolute Gasteiger partial charge is 0.164 e. The van der Waals surface area contributed by atoms with Crippen LogP contribution in [0.25, 0.3) is 66.4 Å².